The summed E-state index contributed by atoms with van der Waals surface area (Å²) in [5.41, 5.74) is 3.09. The zero-order valence-electron chi connectivity index (χ0n) is 8.66. The van der Waals surface area contributed by atoms with Crippen LogP contribution in [0.3, 0.4) is 0 Å². The first-order chi connectivity index (χ1) is 7.40. The Hall–Kier alpha value is -1.34. The highest BCUT2D eigenvalue weighted by Gasteiger charge is 2.27. The third-order valence-electron chi connectivity index (χ3n) is 3.46. The van der Waals surface area contributed by atoms with E-state index in [1.807, 2.05) is 4.68 Å². The number of fused-ring (bicyclic) bond motifs is 1. The topological polar surface area (TPSA) is 53.6 Å². The third-order valence-corrected chi connectivity index (χ3v) is 3.46. The fraction of sp³-hybridized carbons (Fsp3) is 0.636. The van der Waals surface area contributed by atoms with Gasteiger partial charge >= 0.3 is 0 Å². The van der Waals surface area contributed by atoms with E-state index in [1.165, 1.54) is 24.8 Å². The fourth-order valence-corrected chi connectivity index (χ4v) is 2.35. The lowest BCUT2D eigenvalue weighted by Gasteiger charge is -2.26. The minimum absolute atomic E-state index is 0.491. The molecule has 1 saturated carbocycles. The number of aromatic nitrogens is 2. The highest BCUT2D eigenvalue weighted by Crippen LogP contribution is 2.33. The number of nitrogens with zero attached hydrogens (tertiary/aromatic N) is 3. The smallest absolute Gasteiger partial charge is 0.142 e. The second-order valence-corrected chi connectivity index (χ2v) is 4.34. The van der Waals surface area contributed by atoms with E-state index in [0.29, 0.717) is 6.04 Å². The zero-order chi connectivity index (χ0) is 10.3. The first kappa shape index (κ1) is 8.93. The summed E-state index contributed by atoms with van der Waals surface area (Å²) >= 11 is 0. The van der Waals surface area contributed by atoms with Gasteiger partial charge in [-0.05, 0) is 32.2 Å². The van der Waals surface area contributed by atoms with Gasteiger partial charge in [0.2, 0.25) is 0 Å². The maximum absolute atomic E-state index is 9.20. The maximum Gasteiger partial charge on any atom is 0.142 e. The van der Waals surface area contributed by atoms with E-state index < -0.39 is 0 Å². The standard InChI is InChI=1S/C11H14N4/c12-6-11-9-4-5-13-7-10(9)14-15(11)8-2-1-3-8/h8,13H,1-5,7H2. The normalized spacial score (nSPS) is 20.5. The number of nitrogens with one attached hydrogen (secondary N) is 1. The van der Waals surface area contributed by atoms with Gasteiger partial charge in [-0.1, -0.05) is 0 Å². The maximum atomic E-state index is 9.20. The Morgan fingerprint density at radius 2 is 2.33 bits per heavy atom. The Bertz CT molecular complexity index is 423. The van der Waals surface area contributed by atoms with Crippen LogP contribution in [0.4, 0.5) is 0 Å². The van der Waals surface area contributed by atoms with Crippen LogP contribution < -0.4 is 5.32 Å². The van der Waals surface area contributed by atoms with Crippen molar-refractivity contribution in [2.45, 2.75) is 38.3 Å². The fourth-order valence-electron chi connectivity index (χ4n) is 2.35. The molecule has 78 valence electrons. The predicted molar refractivity (Wildman–Crippen MR) is 55.2 cm³/mol. The predicted octanol–water partition coefficient (Wildman–Crippen LogP) is 1.13. The first-order valence-corrected chi connectivity index (χ1v) is 5.61. The molecular weight excluding hydrogens is 188 g/mol. The molecule has 1 N–H and O–H groups in total. The Kier molecular flexibility index (Phi) is 2.00. The SMILES string of the molecule is N#Cc1c2c(nn1C1CCC1)CNCC2. The minimum Gasteiger partial charge on any atom is -0.311 e. The van der Waals surface area contributed by atoms with Crippen LogP contribution in [0, 0.1) is 11.3 Å². The molecule has 1 aliphatic carbocycles. The van der Waals surface area contributed by atoms with Gasteiger partial charge < -0.3 is 5.32 Å². The van der Waals surface area contributed by atoms with Crippen LogP contribution in [0.5, 0.6) is 0 Å². The second-order valence-electron chi connectivity index (χ2n) is 4.34. The van der Waals surface area contributed by atoms with Gasteiger partial charge in [0.05, 0.1) is 11.7 Å². The zero-order valence-corrected chi connectivity index (χ0v) is 8.66. The average Bonchev–Trinajstić information content (AvgIpc) is 2.53. The Labute approximate surface area is 88.9 Å². The second kappa shape index (κ2) is 3.35. The van der Waals surface area contributed by atoms with Gasteiger partial charge in [-0.3, -0.25) is 4.68 Å². The van der Waals surface area contributed by atoms with Crippen molar-refractivity contribution in [3.05, 3.63) is 17.0 Å². The molecule has 4 nitrogen and oxygen atoms in total. The van der Waals surface area contributed by atoms with Gasteiger partial charge in [0.15, 0.2) is 0 Å². The van der Waals surface area contributed by atoms with Crippen molar-refractivity contribution < 1.29 is 0 Å². The van der Waals surface area contributed by atoms with Crippen LogP contribution in [0.25, 0.3) is 0 Å². The van der Waals surface area contributed by atoms with Crippen LogP contribution in [0.1, 0.15) is 42.3 Å². The van der Waals surface area contributed by atoms with E-state index in [0.717, 1.165) is 30.9 Å². The van der Waals surface area contributed by atoms with Crippen LogP contribution in [-0.2, 0) is 13.0 Å². The van der Waals surface area contributed by atoms with Crippen molar-refractivity contribution >= 4 is 0 Å². The van der Waals surface area contributed by atoms with Gasteiger partial charge in [0, 0.05) is 12.1 Å². The molecule has 1 aromatic rings. The number of nitriles is 1. The van der Waals surface area contributed by atoms with Gasteiger partial charge in [-0.25, -0.2) is 0 Å². The lowest BCUT2D eigenvalue weighted by molar-refractivity contribution is 0.286. The third kappa shape index (κ3) is 1.27. The molecule has 1 fully saturated rings. The summed E-state index contributed by atoms with van der Waals surface area (Å²) < 4.78 is 1.97. The van der Waals surface area contributed by atoms with Crippen LogP contribution in [0.2, 0.25) is 0 Å². The number of rotatable bonds is 1. The van der Waals surface area contributed by atoms with E-state index in [2.05, 4.69) is 16.5 Å². The Morgan fingerprint density at radius 1 is 1.47 bits per heavy atom. The molecule has 0 radical (unpaired) electrons. The molecule has 4 heteroatoms. The lowest BCUT2D eigenvalue weighted by atomic mass is 9.93. The van der Waals surface area contributed by atoms with Crippen molar-refractivity contribution in [1.82, 2.24) is 15.1 Å². The minimum atomic E-state index is 0.491. The first-order valence-electron chi connectivity index (χ1n) is 5.61. The van der Waals surface area contributed by atoms with Crippen molar-refractivity contribution in [3.63, 3.8) is 0 Å². The van der Waals surface area contributed by atoms with Crippen LogP contribution in [0.15, 0.2) is 0 Å². The van der Waals surface area contributed by atoms with Crippen LogP contribution >= 0.6 is 0 Å². The van der Waals surface area contributed by atoms with Crippen molar-refractivity contribution in [2.75, 3.05) is 6.54 Å². The van der Waals surface area contributed by atoms with Crippen molar-refractivity contribution in [1.29, 1.82) is 5.26 Å². The Balaban J connectivity index is 2.06. The van der Waals surface area contributed by atoms with Gasteiger partial charge in [0.1, 0.15) is 11.8 Å². The molecule has 1 aliphatic heterocycles. The molecule has 0 saturated heterocycles. The molecule has 2 heterocycles. The number of hydrogen-bond acceptors (Lipinski definition) is 3. The van der Waals surface area contributed by atoms with E-state index in [1.54, 1.807) is 0 Å². The molecule has 2 aliphatic rings. The van der Waals surface area contributed by atoms with E-state index in [9.17, 15) is 5.26 Å². The summed E-state index contributed by atoms with van der Waals surface area (Å²) in [5.74, 6) is 0. The highest BCUT2D eigenvalue weighted by atomic mass is 15.3. The van der Waals surface area contributed by atoms with Crippen LogP contribution in [-0.4, -0.2) is 16.3 Å². The molecule has 1 aromatic heterocycles. The molecule has 3 rings (SSSR count). The lowest BCUT2D eigenvalue weighted by Crippen LogP contribution is -2.23. The monoisotopic (exact) mass is 202 g/mol. The largest absolute Gasteiger partial charge is 0.311 e. The molecule has 15 heavy (non-hydrogen) atoms. The molecule has 0 bridgehead atoms. The Morgan fingerprint density at radius 3 is 3.00 bits per heavy atom. The average molecular weight is 202 g/mol. The van der Waals surface area contributed by atoms with Crippen molar-refractivity contribution in [2.24, 2.45) is 0 Å². The molecule has 0 aromatic carbocycles. The molecule has 0 spiro atoms. The summed E-state index contributed by atoms with van der Waals surface area (Å²) in [4.78, 5) is 0. The quantitative estimate of drug-likeness (QED) is 0.742. The van der Waals surface area contributed by atoms with Gasteiger partial charge in [-0.2, -0.15) is 10.4 Å². The van der Waals surface area contributed by atoms with E-state index in [4.69, 9.17) is 0 Å². The van der Waals surface area contributed by atoms with Gasteiger partial charge in [0.25, 0.3) is 0 Å². The number of hydrogen-bond donors (Lipinski definition) is 1. The molecular formula is C11H14N4. The summed E-state index contributed by atoms with van der Waals surface area (Å²) in [7, 11) is 0. The molecule has 0 amide bonds. The summed E-state index contributed by atoms with van der Waals surface area (Å²) in [6.07, 6.45) is 4.59. The summed E-state index contributed by atoms with van der Waals surface area (Å²) in [6.45, 7) is 1.79. The van der Waals surface area contributed by atoms with E-state index >= 15 is 0 Å². The van der Waals surface area contributed by atoms with Crippen molar-refractivity contribution in [3.8, 4) is 6.07 Å². The van der Waals surface area contributed by atoms with Gasteiger partial charge in [-0.15, -0.1) is 0 Å². The highest BCUT2D eigenvalue weighted by molar-refractivity contribution is 5.37. The molecule has 0 unspecified atom stereocenters. The summed E-state index contributed by atoms with van der Waals surface area (Å²) in [5, 5.41) is 17.1. The van der Waals surface area contributed by atoms with E-state index in [-0.39, 0.29) is 0 Å². The molecule has 0 atom stereocenters. The summed E-state index contributed by atoms with van der Waals surface area (Å²) in [6, 6.07) is 2.82.